The minimum Gasteiger partial charge on any atom is -0.306 e. The first-order valence-corrected chi connectivity index (χ1v) is 7.88. The summed E-state index contributed by atoms with van der Waals surface area (Å²) in [5.41, 5.74) is 6.28. The highest BCUT2D eigenvalue weighted by atomic mass is 15.3. The van der Waals surface area contributed by atoms with Crippen molar-refractivity contribution < 1.29 is 0 Å². The molecule has 1 atom stereocenters. The minimum atomic E-state index is 0.292. The Morgan fingerprint density at radius 1 is 1.09 bits per heavy atom. The second-order valence-corrected chi connectivity index (χ2v) is 5.96. The molecule has 2 aromatic carbocycles. The van der Waals surface area contributed by atoms with E-state index in [9.17, 15) is 0 Å². The molecule has 0 amide bonds. The molecule has 3 aromatic rings. The maximum absolute atomic E-state index is 4.14. The fraction of sp³-hybridized carbons (Fsp3) is 0.263. The highest BCUT2D eigenvalue weighted by molar-refractivity contribution is 5.35. The minimum absolute atomic E-state index is 0.292. The molecule has 1 aromatic heterocycles. The Hall–Kier alpha value is -2.46. The van der Waals surface area contributed by atoms with Crippen molar-refractivity contribution in [2.75, 3.05) is 0 Å². The Kier molecular flexibility index (Phi) is 4.53. The standard InChI is InChI=1S/C19H22N4/c1-14-4-5-18(15(2)10-14)11-21-16(3)17-6-8-19(9-7-17)23-13-20-12-22-23/h4-10,12-13,16,21H,11H2,1-3H3/t16-/m0/s1. The Bertz CT molecular complexity index is 761. The van der Waals surface area contributed by atoms with Gasteiger partial charge in [0.15, 0.2) is 0 Å². The highest BCUT2D eigenvalue weighted by Gasteiger charge is 2.07. The molecule has 0 fully saturated rings. The van der Waals surface area contributed by atoms with Gasteiger partial charge >= 0.3 is 0 Å². The number of benzene rings is 2. The first-order valence-electron chi connectivity index (χ1n) is 7.88. The molecule has 0 aliphatic carbocycles. The number of aryl methyl sites for hydroxylation is 2. The Balaban J connectivity index is 1.65. The molecule has 3 rings (SSSR count). The maximum atomic E-state index is 4.14. The van der Waals surface area contributed by atoms with E-state index in [1.807, 2.05) is 0 Å². The van der Waals surface area contributed by atoms with Crippen LogP contribution in [0.1, 0.15) is 35.2 Å². The van der Waals surface area contributed by atoms with Crippen LogP contribution in [0.25, 0.3) is 5.69 Å². The van der Waals surface area contributed by atoms with Gasteiger partial charge in [-0.2, -0.15) is 5.10 Å². The van der Waals surface area contributed by atoms with E-state index in [0.717, 1.165) is 12.2 Å². The summed E-state index contributed by atoms with van der Waals surface area (Å²) < 4.78 is 1.76. The second-order valence-electron chi connectivity index (χ2n) is 5.96. The SMILES string of the molecule is Cc1ccc(CN[C@@H](C)c2ccc(-n3cncn3)cc2)c(C)c1. The lowest BCUT2D eigenvalue weighted by Gasteiger charge is -2.16. The van der Waals surface area contributed by atoms with Gasteiger partial charge in [0, 0.05) is 12.6 Å². The molecule has 0 saturated heterocycles. The zero-order valence-electron chi connectivity index (χ0n) is 13.8. The molecule has 0 aliphatic rings. The van der Waals surface area contributed by atoms with E-state index in [2.05, 4.69) is 78.6 Å². The van der Waals surface area contributed by atoms with Crippen molar-refractivity contribution in [3.05, 3.63) is 77.4 Å². The molecule has 0 unspecified atom stereocenters. The van der Waals surface area contributed by atoms with Gasteiger partial charge < -0.3 is 5.32 Å². The monoisotopic (exact) mass is 306 g/mol. The lowest BCUT2D eigenvalue weighted by atomic mass is 10.0. The van der Waals surface area contributed by atoms with Crippen LogP contribution in [-0.2, 0) is 6.54 Å². The summed E-state index contributed by atoms with van der Waals surface area (Å²) in [6, 6.07) is 15.3. The average molecular weight is 306 g/mol. The van der Waals surface area contributed by atoms with E-state index in [0.29, 0.717) is 6.04 Å². The van der Waals surface area contributed by atoms with E-state index >= 15 is 0 Å². The summed E-state index contributed by atoms with van der Waals surface area (Å²) in [5, 5.41) is 7.74. The number of rotatable bonds is 5. The molecule has 0 bridgehead atoms. The van der Waals surface area contributed by atoms with Gasteiger partial charge in [0.1, 0.15) is 12.7 Å². The van der Waals surface area contributed by atoms with Gasteiger partial charge in [-0.1, -0.05) is 35.9 Å². The summed E-state index contributed by atoms with van der Waals surface area (Å²) in [7, 11) is 0. The largest absolute Gasteiger partial charge is 0.306 e. The maximum Gasteiger partial charge on any atom is 0.138 e. The van der Waals surface area contributed by atoms with E-state index in [-0.39, 0.29) is 0 Å². The summed E-state index contributed by atoms with van der Waals surface area (Å²) in [4.78, 5) is 3.97. The lowest BCUT2D eigenvalue weighted by Crippen LogP contribution is -2.18. The van der Waals surface area contributed by atoms with Gasteiger partial charge in [-0.15, -0.1) is 0 Å². The van der Waals surface area contributed by atoms with Gasteiger partial charge in [0.05, 0.1) is 5.69 Å². The van der Waals surface area contributed by atoms with Gasteiger partial charge in [-0.05, 0) is 49.6 Å². The van der Waals surface area contributed by atoms with Crippen molar-refractivity contribution in [3.8, 4) is 5.69 Å². The molecule has 4 heteroatoms. The molecule has 23 heavy (non-hydrogen) atoms. The molecule has 0 radical (unpaired) electrons. The van der Waals surface area contributed by atoms with Crippen molar-refractivity contribution in [1.29, 1.82) is 0 Å². The van der Waals surface area contributed by atoms with Gasteiger partial charge in [0.25, 0.3) is 0 Å². The molecular weight excluding hydrogens is 284 g/mol. The van der Waals surface area contributed by atoms with Gasteiger partial charge in [-0.25, -0.2) is 9.67 Å². The summed E-state index contributed by atoms with van der Waals surface area (Å²) >= 11 is 0. The molecule has 0 aliphatic heterocycles. The molecule has 1 N–H and O–H groups in total. The number of hydrogen-bond acceptors (Lipinski definition) is 3. The number of aromatic nitrogens is 3. The summed E-state index contributed by atoms with van der Waals surface area (Å²) in [6.45, 7) is 7.36. The first-order chi connectivity index (χ1) is 11.1. The van der Waals surface area contributed by atoms with Crippen LogP contribution >= 0.6 is 0 Å². The van der Waals surface area contributed by atoms with E-state index in [1.54, 1.807) is 17.3 Å². The molecular formula is C19H22N4. The second kappa shape index (κ2) is 6.75. The topological polar surface area (TPSA) is 42.7 Å². The van der Waals surface area contributed by atoms with Gasteiger partial charge in [0.2, 0.25) is 0 Å². The van der Waals surface area contributed by atoms with Crippen molar-refractivity contribution in [1.82, 2.24) is 20.1 Å². The Morgan fingerprint density at radius 2 is 1.87 bits per heavy atom. The third-order valence-corrected chi connectivity index (χ3v) is 4.17. The Morgan fingerprint density at radius 3 is 2.52 bits per heavy atom. The average Bonchev–Trinajstić information content (AvgIpc) is 3.08. The summed E-state index contributed by atoms with van der Waals surface area (Å²) in [5.74, 6) is 0. The molecule has 0 spiro atoms. The van der Waals surface area contributed by atoms with E-state index < -0.39 is 0 Å². The molecule has 1 heterocycles. The Labute approximate surface area is 137 Å². The van der Waals surface area contributed by atoms with Crippen LogP contribution in [0.3, 0.4) is 0 Å². The predicted octanol–water partition coefficient (Wildman–Crippen LogP) is 3.73. The smallest absolute Gasteiger partial charge is 0.138 e. The predicted molar refractivity (Wildman–Crippen MR) is 92.5 cm³/mol. The molecule has 4 nitrogen and oxygen atoms in total. The fourth-order valence-electron chi connectivity index (χ4n) is 2.68. The molecule has 118 valence electrons. The van der Waals surface area contributed by atoms with Crippen LogP contribution in [-0.4, -0.2) is 14.8 Å². The number of nitrogens with one attached hydrogen (secondary N) is 1. The summed E-state index contributed by atoms with van der Waals surface area (Å²) in [6.07, 6.45) is 3.25. The van der Waals surface area contributed by atoms with Gasteiger partial charge in [-0.3, -0.25) is 0 Å². The number of nitrogens with zero attached hydrogens (tertiary/aromatic N) is 3. The van der Waals surface area contributed by atoms with E-state index in [1.165, 1.54) is 22.3 Å². The van der Waals surface area contributed by atoms with Crippen LogP contribution in [0.4, 0.5) is 0 Å². The van der Waals surface area contributed by atoms with Crippen LogP contribution in [0.2, 0.25) is 0 Å². The first kappa shape index (κ1) is 15.4. The van der Waals surface area contributed by atoms with Crippen molar-refractivity contribution in [2.24, 2.45) is 0 Å². The van der Waals surface area contributed by atoms with Crippen LogP contribution < -0.4 is 5.32 Å². The van der Waals surface area contributed by atoms with Crippen LogP contribution in [0.15, 0.2) is 55.1 Å². The highest BCUT2D eigenvalue weighted by Crippen LogP contribution is 2.17. The van der Waals surface area contributed by atoms with Crippen molar-refractivity contribution >= 4 is 0 Å². The third kappa shape index (κ3) is 3.66. The quantitative estimate of drug-likeness (QED) is 0.781. The zero-order valence-corrected chi connectivity index (χ0v) is 13.8. The number of hydrogen-bond donors (Lipinski definition) is 1. The van der Waals surface area contributed by atoms with Crippen molar-refractivity contribution in [3.63, 3.8) is 0 Å². The van der Waals surface area contributed by atoms with E-state index in [4.69, 9.17) is 0 Å². The normalized spacial score (nSPS) is 12.3. The zero-order chi connectivity index (χ0) is 16.2. The van der Waals surface area contributed by atoms with Crippen LogP contribution in [0, 0.1) is 13.8 Å². The lowest BCUT2D eigenvalue weighted by molar-refractivity contribution is 0.573. The van der Waals surface area contributed by atoms with Crippen molar-refractivity contribution in [2.45, 2.75) is 33.4 Å². The fourth-order valence-corrected chi connectivity index (χ4v) is 2.68. The van der Waals surface area contributed by atoms with Crippen LogP contribution in [0.5, 0.6) is 0 Å². The molecule has 0 saturated carbocycles. The third-order valence-electron chi connectivity index (χ3n) is 4.17.